The Morgan fingerprint density at radius 2 is 2.00 bits per heavy atom. The van der Waals surface area contributed by atoms with Gasteiger partial charge in [0.15, 0.2) is 0 Å². The Morgan fingerprint density at radius 1 is 1.35 bits per heavy atom. The Morgan fingerprint density at radius 3 is 2.65 bits per heavy atom. The topological polar surface area (TPSA) is 32.7 Å². The van der Waals surface area contributed by atoms with Gasteiger partial charge in [0.25, 0.3) is 0 Å². The maximum absolute atomic E-state index is 13.1. The molecule has 1 saturated heterocycles. The van der Waals surface area contributed by atoms with Crippen molar-refractivity contribution in [1.29, 1.82) is 0 Å². The SMILES string of the molecule is CC1CN(Cc2cc(F)ccc2O)CC(C)O1. The predicted octanol–water partition coefficient (Wildman–Crippen LogP) is 2.14. The molecule has 0 aromatic heterocycles. The second-order valence-corrected chi connectivity index (χ2v) is 4.72. The zero-order valence-corrected chi connectivity index (χ0v) is 10.2. The number of halogens is 1. The maximum atomic E-state index is 13.1. The van der Waals surface area contributed by atoms with Crippen LogP contribution in [0.5, 0.6) is 5.75 Å². The van der Waals surface area contributed by atoms with Crippen molar-refractivity contribution in [2.24, 2.45) is 0 Å². The number of benzene rings is 1. The van der Waals surface area contributed by atoms with Crippen molar-refractivity contribution in [3.63, 3.8) is 0 Å². The molecule has 1 aliphatic rings. The number of aromatic hydroxyl groups is 1. The largest absolute Gasteiger partial charge is 0.508 e. The summed E-state index contributed by atoms with van der Waals surface area (Å²) in [6, 6.07) is 4.06. The van der Waals surface area contributed by atoms with E-state index in [1.54, 1.807) is 0 Å². The number of hydrogen-bond acceptors (Lipinski definition) is 3. The van der Waals surface area contributed by atoms with Crippen LogP contribution in [0.4, 0.5) is 4.39 Å². The fourth-order valence-corrected chi connectivity index (χ4v) is 2.34. The van der Waals surface area contributed by atoms with Crippen LogP contribution in [0.2, 0.25) is 0 Å². The summed E-state index contributed by atoms with van der Waals surface area (Å²) in [5.74, 6) is -0.162. The average Bonchev–Trinajstić information content (AvgIpc) is 2.22. The molecular formula is C13H18FNO2. The summed E-state index contributed by atoms with van der Waals surface area (Å²) in [7, 11) is 0. The molecule has 0 saturated carbocycles. The van der Waals surface area contributed by atoms with Gasteiger partial charge in [-0.2, -0.15) is 0 Å². The fraction of sp³-hybridized carbons (Fsp3) is 0.538. The van der Waals surface area contributed by atoms with Gasteiger partial charge >= 0.3 is 0 Å². The number of phenolic OH excluding ortho intramolecular Hbond substituents is 1. The van der Waals surface area contributed by atoms with E-state index in [4.69, 9.17) is 4.74 Å². The van der Waals surface area contributed by atoms with Crippen LogP contribution in [0.1, 0.15) is 19.4 Å². The predicted molar refractivity (Wildman–Crippen MR) is 63.4 cm³/mol. The number of rotatable bonds is 2. The molecule has 4 heteroatoms. The molecule has 1 aromatic rings. The molecule has 3 nitrogen and oxygen atoms in total. The minimum atomic E-state index is -0.313. The van der Waals surface area contributed by atoms with Gasteiger partial charge in [0, 0.05) is 25.2 Å². The summed E-state index contributed by atoms with van der Waals surface area (Å²) in [6.07, 6.45) is 0.351. The molecule has 1 heterocycles. The lowest BCUT2D eigenvalue weighted by atomic mass is 10.1. The second kappa shape index (κ2) is 5.02. The number of ether oxygens (including phenoxy) is 1. The van der Waals surface area contributed by atoms with Crippen LogP contribution in [0.15, 0.2) is 18.2 Å². The van der Waals surface area contributed by atoms with Gasteiger partial charge in [-0.3, -0.25) is 4.90 Å². The molecule has 0 bridgehead atoms. The van der Waals surface area contributed by atoms with Gasteiger partial charge < -0.3 is 9.84 Å². The van der Waals surface area contributed by atoms with Gasteiger partial charge in [-0.25, -0.2) is 4.39 Å². The van der Waals surface area contributed by atoms with Crippen LogP contribution in [0.3, 0.4) is 0 Å². The van der Waals surface area contributed by atoms with Crippen LogP contribution in [0, 0.1) is 5.82 Å². The van der Waals surface area contributed by atoms with Crippen LogP contribution < -0.4 is 0 Å². The molecule has 2 unspecified atom stereocenters. The van der Waals surface area contributed by atoms with Crippen molar-refractivity contribution in [3.05, 3.63) is 29.6 Å². The van der Waals surface area contributed by atoms with Gasteiger partial charge in [-0.1, -0.05) is 0 Å². The van der Waals surface area contributed by atoms with E-state index in [1.807, 2.05) is 13.8 Å². The maximum Gasteiger partial charge on any atom is 0.123 e. The van der Waals surface area contributed by atoms with Crippen molar-refractivity contribution in [2.45, 2.75) is 32.6 Å². The molecule has 1 fully saturated rings. The lowest BCUT2D eigenvalue weighted by molar-refractivity contribution is -0.0706. The summed E-state index contributed by atoms with van der Waals surface area (Å²) in [6.45, 7) is 6.21. The Labute approximate surface area is 101 Å². The molecule has 1 aliphatic heterocycles. The number of hydrogen-bond donors (Lipinski definition) is 1. The summed E-state index contributed by atoms with van der Waals surface area (Å²) < 4.78 is 18.7. The van der Waals surface area contributed by atoms with E-state index in [1.165, 1.54) is 18.2 Å². The third-order valence-electron chi connectivity index (χ3n) is 2.93. The third kappa shape index (κ3) is 3.17. The Bertz CT molecular complexity index is 387. The highest BCUT2D eigenvalue weighted by atomic mass is 19.1. The standard InChI is InChI=1S/C13H18FNO2/c1-9-6-15(7-10(2)17-9)8-11-5-12(14)3-4-13(11)16/h3-5,9-10,16H,6-8H2,1-2H3. The van der Waals surface area contributed by atoms with E-state index < -0.39 is 0 Å². The zero-order valence-electron chi connectivity index (χ0n) is 10.2. The monoisotopic (exact) mass is 239 g/mol. The number of phenols is 1. The van der Waals surface area contributed by atoms with Gasteiger partial charge in [0.2, 0.25) is 0 Å². The number of nitrogens with zero attached hydrogens (tertiary/aromatic N) is 1. The highest BCUT2D eigenvalue weighted by Gasteiger charge is 2.22. The van der Waals surface area contributed by atoms with Crippen LogP contribution in [-0.4, -0.2) is 35.3 Å². The molecule has 94 valence electrons. The molecule has 0 aliphatic carbocycles. The summed E-state index contributed by atoms with van der Waals surface area (Å²) >= 11 is 0. The van der Waals surface area contributed by atoms with Crippen LogP contribution in [0.25, 0.3) is 0 Å². The second-order valence-electron chi connectivity index (χ2n) is 4.72. The molecule has 2 rings (SSSR count). The van der Waals surface area contributed by atoms with E-state index in [9.17, 15) is 9.50 Å². The quantitative estimate of drug-likeness (QED) is 0.858. The Balaban J connectivity index is 2.07. The first-order chi connectivity index (χ1) is 8.04. The Kier molecular flexibility index (Phi) is 3.64. The van der Waals surface area contributed by atoms with E-state index in [-0.39, 0.29) is 23.8 Å². The summed E-state index contributed by atoms with van der Waals surface area (Å²) in [4.78, 5) is 2.17. The minimum absolute atomic E-state index is 0.151. The molecule has 1 aromatic carbocycles. The summed E-state index contributed by atoms with van der Waals surface area (Å²) in [5.41, 5.74) is 0.631. The molecule has 0 amide bonds. The molecule has 0 spiro atoms. The first kappa shape index (κ1) is 12.3. The van der Waals surface area contributed by atoms with Crippen LogP contribution >= 0.6 is 0 Å². The lowest BCUT2D eigenvalue weighted by Crippen LogP contribution is -2.44. The van der Waals surface area contributed by atoms with Gasteiger partial charge in [0.1, 0.15) is 11.6 Å². The van der Waals surface area contributed by atoms with Gasteiger partial charge in [-0.15, -0.1) is 0 Å². The van der Waals surface area contributed by atoms with Gasteiger partial charge in [-0.05, 0) is 32.0 Å². The zero-order chi connectivity index (χ0) is 12.4. The van der Waals surface area contributed by atoms with E-state index in [2.05, 4.69) is 4.90 Å². The fourth-order valence-electron chi connectivity index (χ4n) is 2.34. The summed E-state index contributed by atoms with van der Waals surface area (Å²) in [5, 5.41) is 9.67. The normalized spacial score (nSPS) is 26.1. The third-order valence-corrected chi connectivity index (χ3v) is 2.93. The highest BCUT2D eigenvalue weighted by Crippen LogP contribution is 2.21. The molecular weight excluding hydrogens is 221 g/mol. The molecule has 2 atom stereocenters. The van der Waals surface area contributed by atoms with Crippen molar-refractivity contribution < 1.29 is 14.2 Å². The Hall–Kier alpha value is -1.13. The molecule has 1 N–H and O–H groups in total. The van der Waals surface area contributed by atoms with E-state index in [0.29, 0.717) is 12.1 Å². The lowest BCUT2D eigenvalue weighted by Gasteiger charge is -2.35. The van der Waals surface area contributed by atoms with Crippen molar-refractivity contribution in [3.8, 4) is 5.75 Å². The van der Waals surface area contributed by atoms with Crippen molar-refractivity contribution in [1.82, 2.24) is 4.90 Å². The van der Waals surface area contributed by atoms with E-state index in [0.717, 1.165) is 13.1 Å². The first-order valence-corrected chi connectivity index (χ1v) is 5.90. The van der Waals surface area contributed by atoms with Crippen LogP contribution in [-0.2, 0) is 11.3 Å². The molecule has 17 heavy (non-hydrogen) atoms. The van der Waals surface area contributed by atoms with Crippen molar-refractivity contribution in [2.75, 3.05) is 13.1 Å². The van der Waals surface area contributed by atoms with Crippen molar-refractivity contribution >= 4 is 0 Å². The number of morpholine rings is 1. The smallest absolute Gasteiger partial charge is 0.123 e. The minimum Gasteiger partial charge on any atom is -0.508 e. The first-order valence-electron chi connectivity index (χ1n) is 5.90. The molecule has 0 radical (unpaired) electrons. The average molecular weight is 239 g/mol. The van der Waals surface area contributed by atoms with E-state index >= 15 is 0 Å². The van der Waals surface area contributed by atoms with Gasteiger partial charge in [0.05, 0.1) is 12.2 Å². The highest BCUT2D eigenvalue weighted by molar-refractivity contribution is 5.32.